The maximum atomic E-state index is 13.1. The molecular weight excluding hydrogens is 481 g/mol. The van der Waals surface area contributed by atoms with Gasteiger partial charge in [-0.15, -0.1) is 4.72 Å². The van der Waals surface area contributed by atoms with Gasteiger partial charge < -0.3 is 19.2 Å². The highest BCUT2D eigenvalue weighted by molar-refractivity contribution is 7.90. The molecule has 0 bridgehead atoms. The molecule has 2 heterocycles. The van der Waals surface area contributed by atoms with Crippen LogP contribution in [0.1, 0.15) is 45.2 Å². The highest BCUT2D eigenvalue weighted by Crippen LogP contribution is 2.41. The fraction of sp³-hybridized carbons (Fsp3) is 0.458. The molecule has 0 saturated carbocycles. The molecule has 2 atom stereocenters. The van der Waals surface area contributed by atoms with E-state index in [9.17, 15) is 9.35 Å². The molecule has 3 rings (SSSR count). The first-order valence-electron chi connectivity index (χ1n) is 10.9. The standard InChI is InChI=1S/C24H31Cl2N3O3S/c1-5-12-32-21-15-20(26)19(25)14-18(21)23(28-33(31)24(2,3)4)16-7-10-29(11-8-16)17-6-9-27-22(30)13-17/h5-6,9,13-16,23,28H,1,7-8,10-12H2,2-4H3,(H,27,30)/t23?,33-/m0/s1. The number of aromatic nitrogens is 1. The highest BCUT2D eigenvalue weighted by Gasteiger charge is 2.37. The number of H-pyrrole nitrogens is 1. The van der Waals surface area contributed by atoms with Crippen LogP contribution in [0.25, 0.3) is 0 Å². The quantitative estimate of drug-likeness (QED) is 0.373. The van der Waals surface area contributed by atoms with Crippen LogP contribution >= 0.6 is 23.2 Å². The van der Waals surface area contributed by atoms with E-state index in [-0.39, 0.29) is 17.5 Å². The van der Waals surface area contributed by atoms with Gasteiger partial charge in [-0.1, -0.05) is 35.9 Å². The fourth-order valence-corrected chi connectivity index (χ4v) is 5.12. The van der Waals surface area contributed by atoms with Crippen LogP contribution in [0, 0.1) is 5.92 Å². The second kappa shape index (κ2) is 11.2. The van der Waals surface area contributed by atoms with E-state index in [0.717, 1.165) is 37.2 Å². The third-order valence-corrected chi connectivity index (χ3v) is 7.97. The number of halogens is 2. The van der Waals surface area contributed by atoms with Crippen LogP contribution in [0.15, 0.2) is 47.9 Å². The summed E-state index contributed by atoms with van der Waals surface area (Å²) in [6.07, 6.45) is 5.02. The van der Waals surface area contributed by atoms with Crippen molar-refractivity contribution in [1.29, 1.82) is 0 Å². The van der Waals surface area contributed by atoms with Gasteiger partial charge in [-0.3, -0.25) is 4.79 Å². The molecule has 0 amide bonds. The first-order valence-corrected chi connectivity index (χ1v) is 12.8. The number of piperidine rings is 1. The molecule has 0 spiro atoms. The van der Waals surface area contributed by atoms with E-state index in [1.165, 1.54) is 0 Å². The maximum absolute atomic E-state index is 13.1. The number of pyridine rings is 1. The summed E-state index contributed by atoms with van der Waals surface area (Å²) in [6.45, 7) is 11.4. The average Bonchev–Trinajstić information content (AvgIpc) is 2.77. The lowest BCUT2D eigenvalue weighted by atomic mass is 9.85. The third kappa shape index (κ3) is 6.70. The van der Waals surface area contributed by atoms with Gasteiger partial charge in [-0.25, -0.2) is 0 Å². The Balaban J connectivity index is 1.90. The van der Waals surface area contributed by atoms with Crippen molar-refractivity contribution in [1.82, 2.24) is 9.71 Å². The first kappa shape index (κ1) is 26.0. The zero-order valence-corrected chi connectivity index (χ0v) is 21.5. The van der Waals surface area contributed by atoms with Crippen molar-refractivity contribution >= 4 is 40.3 Å². The van der Waals surface area contributed by atoms with Gasteiger partial charge in [0.05, 0.1) is 16.1 Å². The summed E-state index contributed by atoms with van der Waals surface area (Å²) >= 11 is 11.4. The Kier molecular flexibility index (Phi) is 8.81. The molecule has 33 heavy (non-hydrogen) atoms. The summed E-state index contributed by atoms with van der Waals surface area (Å²) in [5.41, 5.74) is 1.62. The lowest BCUT2D eigenvalue weighted by Crippen LogP contribution is -2.46. The Morgan fingerprint density at radius 3 is 2.58 bits per heavy atom. The van der Waals surface area contributed by atoms with Gasteiger partial charge >= 0.3 is 0 Å². The van der Waals surface area contributed by atoms with Crippen molar-refractivity contribution in [3.63, 3.8) is 0 Å². The molecule has 1 aromatic carbocycles. The van der Waals surface area contributed by atoms with E-state index in [2.05, 4.69) is 21.2 Å². The smallest absolute Gasteiger partial charge is 0.249 e. The van der Waals surface area contributed by atoms with Crippen LogP contribution in [0.4, 0.5) is 5.69 Å². The lowest BCUT2D eigenvalue weighted by Gasteiger charge is -2.39. The number of rotatable bonds is 8. The number of nitrogens with one attached hydrogen (secondary N) is 2. The van der Waals surface area contributed by atoms with Gasteiger partial charge in [0.2, 0.25) is 5.56 Å². The summed E-state index contributed by atoms with van der Waals surface area (Å²) in [6, 6.07) is 6.80. The van der Waals surface area contributed by atoms with Crippen LogP contribution in [-0.4, -0.2) is 34.0 Å². The third-order valence-electron chi connectivity index (χ3n) is 5.67. The Bertz CT molecular complexity index is 1020. The van der Waals surface area contributed by atoms with E-state index in [1.807, 2.05) is 32.9 Å². The predicted molar refractivity (Wildman–Crippen MR) is 138 cm³/mol. The molecule has 180 valence electrons. The van der Waals surface area contributed by atoms with Crippen molar-refractivity contribution in [2.45, 2.75) is 44.4 Å². The minimum atomic E-state index is -1.30. The Hall–Kier alpha value is -1.64. The predicted octanol–water partition coefficient (Wildman–Crippen LogP) is 5.26. The van der Waals surface area contributed by atoms with Crippen LogP contribution in [0.3, 0.4) is 0 Å². The molecular formula is C24H31Cl2N3O3S. The second-order valence-corrected chi connectivity index (χ2v) is 11.9. The monoisotopic (exact) mass is 511 g/mol. The molecule has 6 nitrogen and oxygen atoms in total. The average molecular weight is 513 g/mol. The Morgan fingerprint density at radius 1 is 1.30 bits per heavy atom. The van der Waals surface area contributed by atoms with E-state index in [0.29, 0.717) is 22.4 Å². The molecule has 1 aliphatic heterocycles. The molecule has 1 fully saturated rings. The molecule has 1 unspecified atom stereocenters. The summed E-state index contributed by atoms with van der Waals surface area (Å²) in [4.78, 5) is 16.6. The SMILES string of the molecule is C=CCOc1cc(Cl)c(Cl)cc1C(N[S@@+]([O-])C(C)(C)C)C1CCN(c2cc[nH]c(=O)c2)CC1. The number of aromatic amines is 1. The van der Waals surface area contributed by atoms with E-state index in [1.54, 1.807) is 24.4 Å². The number of benzene rings is 1. The van der Waals surface area contributed by atoms with Crippen LogP contribution in [0.5, 0.6) is 5.75 Å². The van der Waals surface area contributed by atoms with Crippen molar-refractivity contribution in [2.24, 2.45) is 5.92 Å². The van der Waals surface area contributed by atoms with Crippen molar-refractivity contribution in [3.05, 3.63) is 69.1 Å². The van der Waals surface area contributed by atoms with Crippen molar-refractivity contribution in [2.75, 3.05) is 24.6 Å². The zero-order valence-electron chi connectivity index (χ0n) is 19.2. The molecule has 1 aromatic heterocycles. The maximum Gasteiger partial charge on any atom is 0.249 e. The number of ether oxygens (including phenoxy) is 1. The normalized spacial score (nSPS) is 17.0. The summed E-state index contributed by atoms with van der Waals surface area (Å²) in [7, 11) is 0. The van der Waals surface area contributed by atoms with Gasteiger partial charge in [-0.2, -0.15) is 0 Å². The number of hydrogen-bond acceptors (Lipinski definition) is 5. The van der Waals surface area contributed by atoms with Gasteiger partial charge in [0, 0.05) is 54.0 Å². The summed E-state index contributed by atoms with van der Waals surface area (Å²) in [5, 5.41) is 0.825. The molecule has 0 aliphatic carbocycles. The molecule has 9 heteroatoms. The van der Waals surface area contributed by atoms with E-state index in [4.69, 9.17) is 27.9 Å². The Labute approximate surface area is 208 Å². The highest BCUT2D eigenvalue weighted by atomic mass is 35.5. The molecule has 1 saturated heterocycles. The lowest BCUT2D eigenvalue weighted by molar-refractivity contribution is 0.307. The van der Waals surface area contributed by atoms with Crippen LogP contribution in [-0.2, 0) is 11.4 Å². The molecule has 0 radical (unpaired) electrons. The number of hydrogen-bond donors (Lipinski definition) is 2. The summed E-state index contributed by atoms with van der Waals surface area (Å²) in [5.74, 6) is 0.780. The largest absolute Gasteiger partial charge is 0.598 e. The molecule has 2 N–H and O–H groups in total. The number of nitrogens with zero attached hydrogens (tertiary/aromatic N) is 1. The van der Waals surface area contributed by atoms with E-state index >= 15 is 0 Å². The minimum Gasteiger partial charge on any atom is -0.598 e. The van der Waals surface area contributed by atoms with Crippen molar-refractivity contribution in [3.8, 4) is 5.75 Å². The van der Waals surface area contributed by atoms with Gasteiger partial charge in [-0.05, 0) is 51.7 Å². The topological polar surface area (TPSA) is 80.4 Å². The van der Waals surface area contributed by atoms with Crippen molar-refractivity contribution < 1.29 is 9.29 Å². The molecule has 1 aliphatic rings. The number of anilines is 1. The fourth-order valence-electron chi connectivity index (χ4n) is 3.89. The van der Waals surface area contributed by atoms with E-state index < -0.39 is 16.1 Å². The van der Waals surface area contributed by atoms with Crippen LogP contribution in [0.2, 0.25) is 10.0 Å². The zero-order chi connectivity index (χ0) is 24.2. The molecule has 2 aromatic rings. The van der Waals surface area contributed by atoms with Gasteiger partial charge in [0.25, 0.3) is 0 Å². The Morgan fingerprint density at radius 2 is 1.97 bits per heavy atom. The van der Waals surface area contributed by atoms with Gasteiger partial charge in [0.1, 0.15) is 17.1 Å². The van der Waals surface area contributed by atoms with Gasteiger partial charge in [0.15, 0.2) is 0 Å². The minimum absolute atomic E-state index is 0.116. The first-order chi connectivity index (χ1) is 15.6. The van der Waals surface area contributed by atoms with Crippen LogP contribution < -0.4 is 19.9 Å². The second-order valence-electron chi connectivity index (χ2n) is 9.12. The summed E-state index contributed by atoms with van der Waals surface area (Å²) < 4.78 is 22.0.